The molecule has 0 aliphatic rings. The second kappa shape index (κ2) is 5.18. The van der Waals surface area contributed by atoms with Gasteiger partial charge in [-0.15, -0.1) is 5.10 Å². The van der Waals surface area contributed by atoms with Crippen molar-refractivity contribution in [3.05, 3.63) is 72.3 Å². The van der Waals surface area contributed by atoms with Crippen LogP contribution in [0.1, 0.15) is 0 Å². The molecule has 3 aromatic carbocycles. The van der Waals surface area contributed by atoms with Crippen molar-refractivity contribution in [1.82, 2.24) is 0 Å². The lowest BCUT2D eigenvalue weighted by Crippen LogP contribution is -2.08. The van der Waals surface area contributed by atoms with Crippen LogP contribution in [0.4, 0.5) is 0 Å². The number of fused-ring (bicyclic) bond motifs is 2. The molecule has 0 saturated carbocycles. The molecule has 0 aliphatic carbocycles. The highest BCUT2D eigenvalue weighted by Crippen LogP contribution is 2.26. The smallest absolute Gasteiger partial charge is 0.243 e. The number of phenols is 1. The van der Waals surface area contributed by atoms with E-state index in [1.165, 1.54) is 5.39 Å². The maximum absolute atomic E-state index is 9.58. The third kappa shape index (κ3) is 2.30. The third-order valence-corrected chi connectivity index (χ3v) is 3.91. The largest absolute Gasteiger partial charge is 0.508 e. The van der Waals surface area contributed by atoms with Crippen molar-refractivity contribution in [1.29, 1.82) is 0 Å². The first-order valence-electron chi connectivity index (χ1n) is 7.24. The highest BCUT2D eigenvalue weighted by Gasteiger charge is 2.08. The second-order valence-electron chi connectivity index (χ2n) is 5.38. The van der Waals surface area contributed by atoms with Gasteiger partial charge < -0.3 is 15.4 Å². The van der Waals surface area contributed by atoms with Crippen LogP contribution in [0.5, 0.6) is 5.75 Å². The van der Waals surface area contributed by atoms with Gasteiger partial charge in [0.1, 0.15) is 11.3 Å². The van der Waals surface area contributed by atoms with Gasteiger partial charge in [-0.05, 0) is 40.6 Å². The Kier molecular flexibility index (Phi) is 3.01. The van der Waals surface area contributed by atoms with E-state index in [1.807, 2.05) is 24.3 Å². The van der Waals surface area contributed by atoms with Crippen molar-refractivity contribution >= 4 is 21.7 Å². The summed E-state index contributed by atoms with van der Waals surface area (Å²) in [6.45, 7) is 0. The Morgan fingerprint density at radius 1 is 0.826 bits per heavy atom. The van der Waals surface area contributed by atoms with Crippen molar-refractivity contribution in [2.24, 2.45) is 10.9 Å². The van der Waals surface area contributed by atoms with Gasteiger partial charge in [0.2, 0.25) is 5.55 Å². The molecule has 0 aliphatic heterocycles. The highest BCUT2D eigenvalue weighted by molar-refractivity contribution is 5.89. The molecule has 0 amide bonds. The van der Waals surface area contributed by atoms with Crippen LogP contribution in [-0.2, 0) is 0 Å². The molecule has 3 N–H and O–H groups in total. The van der Waals surface area contributed by atoms with Crippen molar-refractivity contribution < 1.29 is 9.52 Å². The van der Waals surface area contributed by atoms with Gasteiger partial charge in [-0.3, -0.25) is 0 Å². The number of nitrogens with two attached hydrogens (primary N) is 1. The van der Waals surface area contributed by atoms with Crippen LogP contribution in [0, 0.1) is 0 Å². The molecular weight excluding hydrogens is 288 g/mol. The molecule has 1 aromatic heterocycles. The summed E-state index contributed by atoms with van der Waals surface area (Å²) in [7, 11) is 0. The zero-order valence-corrected chi connectivity index (χ0v) is 12.2. The molecule has 1 heterocycles. The molecule has 0 bridgehead atoms. The summed E-state index contributed by atoms with van der Waals surface area (Å²) >= 11 is 0. The Labute approximate surface area is 132 Å². The summed E-state index contributed by atoms with van der Waals surface area (Å²) in [6.07, 6.45) is 0. The monoisotopic (exact) mass is 302 g/mol. The third-order valence-electron chi connectivity index (χ3n) is 3.91. The van der Waals surface area contributed by atoms with Gasteiger partial charge in [-0.2, -0.15) is 0 Å². The van der Waals surface area contributed by atoms with Crippen molar-refractivity contribution in [2.75, 3.05) is 0 Å². The van der Waals surface area contributed by atoms with Crippen molar-refractivity contribution in [3.8, 4) is 16.9 Å². The molecule has 0 spiro atoms. The number of hydrogen-bond acceptors (Lipinski definition) is 4. The number of nitrogens with zero attached hydrogens (tertiary/aromatic N) is 1. The van der Waals surface area contributed by atoms with E-state index < -0.39 is 0 Å². The lowest BCUT2D eigenvalue weighted by Gasteiger charge is -2.06. The molecule has 4 aromatic rings. The molecule has 0 unspecified atom stereocenters. The fourth-order valence-electron chi connectivity index (χ4n) is 2.77. The first kappa shape index (κ1) is 13.4. The van der Waals surface area contributed by atoms with E-state index in [9.17, 15) is 5.11 Å². The van der Waals surface area contributed by atoms with Gasteiger partial charge >= 0.3 is 0 Å². The number of hydrogen-bond donors (Lipinski definition) is 2. The van der Waals surface area contributed by atoms with E-state index in [4.69, 9.17) is 10.3 Å². The molecule has 23 heavy (non-hydrogen) atoms. The molecule has 0 atom stereocenters. The number of phenolic OH excluding ortho intramolecular Hbond substituents is 1. The van der Waals surface area contributed by atoms with Crippen molar-refractivity contribution in [2.45, 2.75) is 0 Å². The van der Waals surface area contributed by atoms with Crippen LogP contribution in [-0.4, -0.2) is 5.11 Å². The predicted octanol–water partition coefficient (Wildman–Crippen LogP) is 3.73. The Balaban J connectivity index is 2.00. The first-order chi connectivity index (χ1) is 11.2. The Morgan fingerprint density at radius 2 is 1.61 bits per heavy atom. The summed E-state index contributed by atoms with van der Waals surface area (Å²) in [5.41, 5.74) is 2.67. The van der Waals surface area contributed by atoms with Gasteiger partial charge in [-0.25, -0.2) is 0 Å². The second-order valence-corrected chi connectivity index (χ2v) is 5.38. The van der Waals surface area contributed by atoms with Crippen molar-refractivity contribution in [3.63, 3.8) is 0 Å². The summed E-state index contributed by atoms with van der Waals surface area (Å²) < 4.78 is 5.74. The molecular formula is C19H14N2O2. The Morgan fingerprint density at radius 3 is 2.43 bits per heavy atom. The maximum atomic E-state index is 9.58. The number of aromatic hydroxyl groups is 1. The van der Waals surface area contributed by atoms with E-state index in [2.05, 4.69) is 29.4 Å². The average Bonchev–Trinajstić information content (AvgIpc) is 2.60. The molecule has 4 heteroatoms. The standard InChI is InChI=1S/C19H14N2O2/c20-21-19-17(10-15-7-8-16(22)11-18(15)23-19)14-6-5-12-3-1-2-4-13(12)9-14/h1-11,22H,20H2/b21-19-. The van der Waals surface area contributed by atoms with E-state index in [1.54, 1.807) is 18.2 Å². The molecule has 0 radical (unpaired) electrons. The summed E-state index contributed by atoms with van der Waals surface area (Å²) in [6, 6.07) is 21.3. The maximum Gasteiger partial charge on any atom is 0.243 e. The minimum absolute atomic E-state index is 0.141. The van der Waals surface area contributed by atoms with Crippen LogP contribution < -0.4 is 11.4 Å². The average molecular weight is 302 g/mol. The van der Waals surface area contributed by atoms with Gasteiger partial charge in [0, 0.05) is 17.0 Å². The van der Waals surface area contributed by atoms with E-state index in [0.717, 1.165) is 21.9 Å². The van der Waals surface area contributed by atoms with Gasteiger partial charge in [0.25, 0.3) is 0 Å². The van der Waals surface area contributed by atoms with E-state index >= 15 is 0 Å². The molecule has 0 fully saturated rings. The number of benzene rings is 3. The Hall–Kier alpha value is -3.27. The van der Waals surface area contributed by atoms with Crippen LogP contribution in [0.3, 0.4) is 0 Å². The molecule has 0 saturated heterocycles. The molecule has 112 valence electrons. The number of rotatable bonds is 1. The lowest BCUT2D eigenvalue weighted by atomic mass is 10.0. The highest BCUT2D eigenvalue weighted by atomic mass is 16.3. The summed E-state index contributed by atoms with van der Waals surface area (Å²) in [5.74, 6) is 5.64. The van der Waals surface area contributed by atoms with Gasteiger partial charge in [0.05, 0.1) is 0 Å². The SMILES string of the molecule is N/N=c1\oc2cc(O)ccc2cc1-c1ccc2ccccc2c1. The minimum Gasteiger partial charge on any atom is -0.508 e. The summed E-state index contributed by atoms with van der Waals surface area (Å²) in [4.78, 5) is 0. The fraction of sp³-hybridized carbons (Fsp3) is 0. The summed E-state index contributed by atoms with van der Waals surface area (Å²) in [5, 5.41) is 16.5. The van der Waals surface area contributed by atoms with Crippen LogP contribution >= 0.6 is 0 Å². The van der Waals surface area contributed by atoms with Gasteiger partial charge in [0.15, 0.2) is 0 Å². The predicted molar refractivity (Wildman–Crippen MR) is 90.6 cm³/mol. The lowest BCUT2D eigenvalue weighted by molar-refractivity contribution is 0.472. The van der Waals surface area contributed by atoms with Gasteiger partial charge in [-0.1, -0.05) is 36.4 Å². The topological polar surface area (TPSA) is 71.8 Å². The normalized spacial score (nSPS) is 12.1. The van der Waals surface area contributed by atoms with Crippen LogP contribution in [0.2, 0.25) is 0 Å². The zero-order chi connectivity index (χ0) is 15.8. The molecule has 4 rings (SSSR count). The van der Waals surface area contributed by atoms with Crippen LogP contribution in [0.25, 0.3) is 32.9 Å². The van der Waals surface area contributed by atoms with Crippen LogP contribution in [0.15, 0.2) is 76.2 Å². The molecule has 4 nitrogen and oxygen atoms in total. The van der Waals surface area contributed by atoms with E-state index in [0.29, 0.717) is 11.1 Å². The fourth-order valence-corrected chi connectivity index (χ4v) is 2.77. The first-order valence-corrected chi connectivity index (χ1v) is 7.24. The zero-order valence-electron chi connectivity index (χ0n) is 12.2. The quantitative estimate of drug-likeness (QED) is 0.415. The Bertz CT molecular complexity index is 1100. The van der Waals surface area contributed by atoms with E-state index in [-0.39, 0.29) is 5.75 Å². The minimum atomic E-state index is 0.141.